The first-order chi connectivity index (χ1) is 10.9. The number of amides is 1. The minimum atomic E-state index is -0.609. The second kappa shape index (κ2) is 6.78. The van der Waals surface area contributed by atoms with E-state index in [1.807, 2.05) is 26.0 Å². The smallest absolute Gasteiger partial charge is 0.271 e. The lowest BCUT2D eigenvalue weighted by atomic mass is 10.1. The maximum absolute atomic E-state index is 11.9. The largest absolute Gasteiger partial charge is 0.506 e. The summed E-state index contributed by atoms with van der Waals surface area (Å²) in [7, 11) is 0. The Kier molecular flexibility index (Phi) is 4.80. The Morgan fingerprint density at radius 1 is 1.30 bits per heavy atom. The van der Waals surface area contributed by atoms with E-state index in [0.717, 1.165) is 29.3 Å². The Hall–Kier alpha value is -3.09. The Labute approximate surface area is 132 Å². The molecule has 0 saturated heterocycles. The van der Waals surface area contributed by atoms with E-state index < -0.39 is 10.8 Å². The van der Waals surface area contributed by atoms with Gasteiger partial charge >= 0.3 is 0 Å². The predicted molar refractivity (Wildman–Crippen MR) is 84.8 cm³/mol. The monoisotopic (exact) mass is 316 g/mol. The third-order valence-electron chi connectivity index (χ3n) is 3.38. The van der Waals surface area contributed by atoms with Crippen molar-refractivity contribution in [3.63, 3.8) is 0 Å². The number of carbonyl (C=O) groups excluding carboxylic acids is 1. The van der Waals surface area contributed by atoms with Crippen LogP contribution in [0.2, 0.25) is 0 Å². The Morgan fingerprint density at radius 3 is 2.74 bits per heavy atom. The van der Waals surface area contributed by atoms with Gasteiger partial charge in [0.1, 0.15) is 11.5 Å². The standard InChI is InChI=1S/C16H16N2O5/c1-10-4-3-5-15(11(10)2)23-9-16(20)17-13-8-12(18(21)22)6-7-14(13)19/h3-8,19H,9H2,1-2H3,(H,17,20). The molecule has 0 saturated carbocycles. The molecular formula is C16H16N2O5. The third-order valence-corrected chi connectivity index (χ3v) is 3.38. The molecule has 0 aliphatic heterocycles. The van der Waals surface area contributed by atoms with Crippen LogP contribution in [-0.2, 0) is 4.79 Å². The lowest BCUT2D eigenvalue weighted by molar-refractivity contribution is -0.384. The number of aromatic hydroxyl groups is 1. The SMILES string of the molecule is Cc1cccc(OCC(=O)Nc2cc([N+](=O)[O-])ccc2O)c1C. The van der Waals surface area contributed by atoms with Crippen molar-refractivity contribution in [2.45, 2.75) is 13.8 Å². The van der Waals surface area contributed by atoms with Crippen LogP contribution in [0.5, 0.6) is 11.5 Å². The van der Waals surface area contributed by atoms with Crippen LogP contribution in [0, 0.1) is 24.0 Å². The van der Waals surface area contributed by atoms with Gasteiger partial charge in [-0.25, -0.2) is 0 Å². The molecule has 0 fully saturated rings. The molecule has 0 aliphatic carbocycles. The summed E-state index contributed by atoms with van der Waals surface area (Å²) in [5.41, 5.74) is 1.71. The molecule has 0 radical (unpaired) electrons. The number of nitro groups is 1. The van der Waals surface area contributed by atoms with Gasteiger partial charge in [0, 0.05) is 12.1 Å². The topological polar surface area (TPSA) is 102 Å². The van der Waals surface area contributed by atoms with Gasteiger partial charge in [0.05, 0.1) is 10.6 Å². The summed E-state index contributed by atoms with van der Waals surface area (Å²) in [4.78, 5) is 22.0. The van der Waals surface area contributed by atoms with Gasteiger partial charge in [0.25, 0.3) is 11.6 Å². The van der Waals surface area contributed by atoms with E-state index in [9.17, 15) is 20.0 Å². The van der Waals surface area contributed by atoms with E-state index in [2.05, 4.69) is 5.32 Å². The van der Waals surface area contributed by atoms with E-state index in [4.69, 9.17) is 4.74 Å². The fourth-order valence-electron chi connectivity index (χ4n) is 1.95. The summed E-state index contributed by atoms with van der Waals surface area (Å²) in [6.07, 6.45) is 0. The summed E-state index contributed by atoms with van der Waals surface area (Å²) in [6, 6.07) is 8.90. The van der Waals surface area contributed by atoms with Crippen molar-refractivity contribution in [3.05, 3.63) is 57.6 Å². The number of non-ortho nitro benzene ring substituents is 1. The minimum absolute atomic E-state index is 0.0336. The number of phenols is 1. The summed E-state index contributed by atoms with van der Waals surface area (Å²) in [5, 5.41) is 22.8. The molecule has 7 nitrogen and oxygen atoms in total. The molecule has 2 aromatic rings. The maximum atomic E-state index is 11.9. The normalized spacial score (nSPS) is 10.2. The van der Waals surface area contributed by atoms with Crippen LogP contribution in [-0.4, -0.2) is 22.5 Å². The van der Waals surface area contributed by atoms with Crippen LogP contribution in [0.3, 0.4) is 0 Å². The van der Waals surface area contributed by atoms with Gasteiger partial charge in [-0.15, -0.1) is 0 Å². The van der Waals surface area contributed by atoms with Gasteiger partial charge in [0.2, 0.25) is 0 Å². The molecule has 0 spiro atoms. The highest BCUT2D eigenvalue weighted by Crippen LogP contribution is 2.27. The number of nitrogens with zero attached hydrogens (tertiary/aromatic N) is 1. The van der Waals surface area contributed by atoms with Crippen LogP contribution in [0.25, 0.3) is 0 Å². The fourth-order valence-corrected chi connectivity index (χ4v) is 1.95. The molecular weight excluding hydrogens is 300 g/mol. The van der Waals surface area contributed by atoms with Gasteiger partial charge in [-0.2, -0.15) is 0 Å². The first-order valence-electron chi connectivity index (χ1n) is 6.84. The van der Waals surface area contributed by atoms with E-state index in [-0.39, 0.29) is 23.7 Å². The first kappa shape index (κ1) is 16.3. The van der Waals surface area contributed by atoms with Crippen LogP contribution < -0.4 is 10.1 Å². The molecule has 2 rings (SSSR count). The van der Waals surface area contributed by atoms with Crippen molar-refractivity contribution in [2.75, 3.05) is 11.9 Å². The summed E-state index contributed by atoms with van der Waals surface area (Å²) >= 11 is 0. The molecule has 0 bridgehead atoms. The number of carbonyl (C=O) groups is 1. The van der Waals surface area contributed by atoms with Crippen molar-refractivity contribution in [1.82, 2.24) is 0 Å². The zero-order valence-corrected chi connectivity index (χ0v) is 12.7. The second-order valence-electron chi connectivity index (χ2n) is 4.99. The van der Waals surface area contributed by atoms with Crippen LogP contribution in [0.15, 0.2) is 36.4 Å². The quantitative estimate of drug-likeness (QED) is 0.501. The van der Waals surface area contributed by atoms with Crippen molar-refractivity contribution in [2.24, 2.45) is 0 Å². The molecule has 0 aromatic heterocycles. The van der Waals surface area contributed by atoms with E-state index in [1.165, 1.54) is 0 Å². The zero-order valence-electron chi connectivity index (χ0n) is 12.7. The summed E-state index contributed by atoms with van der Waals surface area (Å²) < 4.78 is 5.44. The first-order valence-corrected chi connectivity index (χ1v) is 6.84. The van der Waals surface area contributed by atoms with Crippen molar-refractivity contribution in [3.8, 4) is 11.5 Å². The van der Waals surface area contributed by atoms with Crippen LogP contribution in [0.4, 0.5) is 11.4 Å². The maximum Gasteiger partial charge on any atom is 0.271 e. The predicted octanol–water partition coefficient (Wildman–Crippen LogP) is 2.93. The number of aryl methyl sites for hydroxylation is 1. The van der Waals surface area contributed by atoms with Gasteiger partial charge < -0.3 is 15.2 Å². The van der Waals surface area contributed by atoms with Crippen molar-refractivity contribution < 1.29 is 19.6 Å². The number of rotatable bonds is 5. The molecule has 2 N–H and O–H groups in total. The molecule has 1 amide bonds. The highest BCUT2D eigenvalue weighted by atomic mass is 16.6. The van der Waals surface area contributed by atoms with Gasteiger partial charge in [0.15, 0.2) is 6.61 Å². The minimum Gasteiger partial charge on any atom is -0.506 e. The van der Waals surface area contributed by atoms with E-state index in [0.29, 0.717) is 5.75 Å². The highest BCUT2D eigenvalue weighted by molar-refractivity contribution is 5.93. The number of ether oxygens (including phenoxy) is 1. The number of phenolic OH excluding ortho intramolecular Hbond substituents is 1. The fraction of sp³-hybridized carbons (Fsp3) is 0.188. The lowest BCUT2D eigenvalue weighted by Crippen LogP contribution is -2.20. The number of nitrogens with one attached hydrogen (secondary N) is 1. The zero-order chi connectivity index (χ0) is 17.0. The van der Waals surface area contributed by atoms with Gasteiger partial charge in [-0.05, 0) is 37.1 Å². The second-order valence-corrected chi connectivity index (χ2v) is 4.99. The summed E-state index contributed by atoms with van der Waals surface area (Å²) in [6.45, 7) is 3.55. The average Bonchev–Trinajstić information content (AvgIpc) is 2.50. The molecule has 0 atom stereocenters. The van der Waals surface area contributed by atoms with Gasteiger partial charge in [-0.3, -0.25) is 14.9 Å². The number of benzene rings is 2. The third kappa shape index (κ3) is 3.97. The average molecular weight is 316 g/mol. The van der Waals surface area contributed by atoms with Crippen molar-refractivity contribution in [1.29, 1.82) is 0 Å². The van der Waals surface area contributed by atoms with E-state index >= 15 is 0 Å². The van der Waals surface area contributed by atoms with E-state index in [1.54, 1.807) is 6.07 Å². The lowest BCUT2D eigenvalue weighted by Gasteiger charge is -2.11. The van der Waals surface area contributed by atoms with Crippen molar-refractivity contribution >= 4 is 17.3 Å². The summed E-state index contributed by atoms with van der Waals surface area (Å²) in [5.74, 6) is -0.194. The molecule has 0 aliphatic rings. The molecule has 23 heavy (non-hydrogen) atoms. The molecule has 7 heteroatoms. The van der Waals surface area contributed by atoms with Crippen LogP contribution in [0.1, 0.15) is 11.1 Å². The molecule has 2 aromatic carbocycles. The number of nitro benzene ring substituents is 1. The Bertz CT molecular complexity index is 758. The molecule has 120 valence electrons. The Morgan fingerprint density at radius 2 is 2.04 bits per heavy atom. The van der Waals surface area contributed by atoms with Gasteiger partial charge in [-0.1, -0.05) is 12.1 Å². The molecule has 0 heterocycles. The Balaban J connectivity index is 2.04. The number of hydrogen-bond acceptors (Lipinski definition) is 5. The number of anilines is 1. The number of hydrogen-bond donors (Lipinski definition) is 2. The highest BCUT2D eigenvalue weighted by Gasteiger charge is 2.13. The molecule has 0 unspecified atom stereocenters. The van der Waals surface area contributed by atoms with Crippen LogP contribution >= 0.6 is 0 Å².